The number of aromatic nitrogens is 3. The van der Waals surface area contributed by atoms with Gasteiger partial charge in [0.05, 0.1) is 11.8 Å². The average Bonchev–Trinajstić information content (AvgIpc) is 3.15. The van der Waals surface area contributed by atoms with E-state index in [1.165, 1.54) is 28.5 Å². The fourth-order valence-electron chi connectivity index (χ4n) is 3.97. The number of aryl methyl sites for hydroxylation is 2. The molecule has 0 spiro atoms. The van der Waals surface area contributed by atoms with Crippen molar-refractivity contribution >= 4 is 17.7 Å². The second kappa shape index (κ2) is 8.82. The van der Waals surface area contributed by atoms with Gasteiger partial charge in [-0.05, 0) is 49.8 Å². The van der Waals surface area contributed by atoms with Gasteiger partial charge in [0.2, 0.25) is 5.91 Å². The van der Waals surface area contributed by atoms with Crippen molar-refractivity contribution in [1.29, 1.82) is 0 Å². The Balaban J connectivity index is 1.44. The zero-order valence-electron chi connectivity index (χ0n) is 16.9. The van der Waals surface area contributed by atoms with Crippen LogP contribution in [0.5, 0.6) is 0 Å². The highest BCUT2D eigenvalue weighted by Gasteiger charge is 2.22. The van der Waals surface area contributed by atoms with E-state index in [4.69, 9.17) is 0 Å². The third-order valence-electron chi connectivity index (χ3n) is 5.46. The van der Waals surface area contributed by atoms with E-state index in [-0.39, 0.29) is 11.9 Å². The van der Waals surface area contributed by atoms with Gasteiger partial charge in [0.1, 0.15) is 0 Å². The Labute approximate surface area is 175 Å². The molecule has 0 aliphatic heterocycles. The molecular weight excluding hydrogens is 380 g/mol. The van der Waals surface area contributed by atoms with Gasteiger partial charge in [0, 0.05) is 12.1 Å². The van der Waals surface area contributed by atoms with Crippen LogP contribution in [-0.4, -0.2) is 26.4 Å². The highest BCUT2D eigenvalue weighted by Crippen LogP contribution is 2.30. The normalized spacial score (nSPS) is 15.7. The predicted octanol–water partition coefficient (Wildman–Crippen LogP) is 4.56. The molecule has 1 aliphatic rings. The van der Waals surface area contributed by atoms with Crippen molar-refractivity contribution in [2.24, 2.45) is 0 Å². The zero-order chi connectivity index (χ0) is 20.2. The number of nitrogens with zero attached hydrogens (tertiary/aromatic N) is 3. The molecule has 0 bridgehead atoms. The van der Waals surface area contributed by atoms with Gasteiger partial charge in [-0.15, -0.1) is 10.2 Å². The molecule has 1 atom stereocenters. The minimum Gasteiger partial charge on any atom is -0.349 e. The molecule has 0 radical (unpaired) electrons. The van der Waals surface area contributed by atoms with Crippen LogP contribution in [0.2, 0.25) is 0 Å². The van der Waals surface area contributed by atoms with E-state index in [0.29, 0.717) is 5.75 Å². The summed E-state index contributed by atoms with van der Waals surface area (Å²) in [5.41, 5.74) is 4.86. The van der Waals surface area contributed by atoms with Crippen LogP contribution in [0, 0.1) is 6.92 Å². The average molecular weight is 407 g/mol. The first-order valence-corrected chi connectivity index (χ1v) is 11.1. The van der Waals surface area contributed by atoms with Gasteiger partial charge < -0.3 is 9.88 Å². The lowest BCUT2D eigenvalue weighted by molar-refractivity contribution is -0.119. The van der Waals surface area contributed by atoms with Crippen molar-refractivity contribution in [3.63, 3.8) is 0 Å². The summed E-state index contributed by atoms with van der Waals surface area (Å²) in [4.78, 5) is 12.6. The molecule has 29 heavy (non-hydrogen) atoms. The summed E-state index contributed by atoms with van der Waals surface area (Å²) in [6.07, 6.45) is 3.20. The summed E-state index contributed by atoms with van der Waals surface area (Å²) in [5, 5.41) is 12.8. The molecule has 1 heterocycles. The summed E-state index contributed by atoms with van der Waals surface area (Å²) in [7, 11) is 0. The first kappa shape index (κ1) is 19.7. The van der Waals surface area contributed by atoms with Crippen LogP contribution in [0.1, 0.15) is 42.5 Å². The molecule has 0 fully saturated rings. The number of amides is 1. The minimum absolute atomic E-state index is 0.0415. The predicted molar refractivity (Wildman–Crippen MR) is 117 cm³/mol. The molecule has 150 valence electrons. The number of nitrogens with one attached hydrogen (secondary N) is 1. The fourth-order valence-corrected chi connectivity index (χ4v) is 4.79. The van der Waals surface area contributed by atoms with Crippen LogP contribution in [0.15, 0.2) is 53.7 Å². The van der Waals surface area contributed by atoms with Crippen molar-refractivity contribution in [2.45, 2.75) is 50.9 Å². The largest absolute Gasteiger partial charge is 0.349 e. The Hall–Kier alpha value is -2.60. The Bertz CT molecular complexity index is 1010. The maximum Gasteiger partial charge on any atom is 0.230 e. The van der Waals surface area contributed by atoms with Crippen molar-refractivity contribution in [1.82, 2.24) is 20.1 Å². The lowest BCUT2D eigenvalue weighted by Gasteiger charge is -2.26. The fraction of sp³-hybridized carbons (Fsp3) is 0.348. The van der Waals surface area contributed by atoms with Gasteiger partial charge in [-0.3, -0.25) is 4.79 Å². The Kier molecular flexibility index (Phi) is 6.00. The summed E-state index contributed by atoms with van der Waals surface area (Å²) in [6, 6.07) is 16.7. The maximum atomic E-state index is 12.6. The third-order valence-corrected chi connectivity index (χ3v) is 6.42. The van der Waals surface area contributed by atoms with Crippen LogP contribution in [0.4, 0.5) is 0 Å². The molecule has 5 nitrogen and oxygen atoms in total. The summed E-state index contributed by atoms with van der Waals surface area (Å²) >= 11 is 1.45. The first-order valence-electron chi connectivity index (χ1n) is 10.2. The second-order valence-corrected chi connectivity index (χ2v) is 8.31. The van der Waals surface area contributed by atoms with Gasteiger partial charge in [-0.25, -0.2) is 0 Å². The molecule has 3 aromatic rings. The molecule has 1 N–H and O–H groups in total. The van der Waals surface area contributed by atoms with E-state index < -0.39 is 0 Å². The van der Waals surface area contributed by atoms with E-state index in [1.54, 1.807) is 0 Å². The summed E-state index contributed by atoms with van der Waals surface area (Å²) in [5.74, 6) is 1.24. The SMILES string of the molecule is CCn1c(SCC(=O)NC2CCCc3ccccc32)nnc1-c1ccccc1C. The van der Waals surface area contributed by atoms with Gasteiger partial charge in [-0.2, -0.15) is 0 Å². The van der Waals surface area contributed by atoms with E-state index >= 15 is 0 Å². The number of benzene rings is 2. The highest BCUT2D eigenvalue weighted by molar-refractivity contribution is 7.99. The molecule has 0 saturated carbocycles. The van der Waals surface area contributed by atoms with E-state index in [2.05, 4.69) is 70.3 Å². The van der Waals surface area contributed by atoms with E-state index in [0.717, 1.165) is 42.4 Å². The van der Waals surface area contributed by atoms with Crippen LogP contribution >= 0.6 is 11.8 Å². The van der Waals surface area contributed by atoms with Gasteiger partial charge in [0.15, 0.2) is 11.0 Å². The molecule has 1 aliphatic carbocycles. The monoisotopic (exact) mass is 406 g/mol. The van der Waals surface area contributed by atoms with E-state index in [1.807, 2.05) is 12.1 Å². The smallest absolute Gasteiger partial charge is 0.230 e. The summed E-state index contributed by atoms with van der Waals surface area (Å²) in [6.45, 7) is 4.91. The Morgan fingerprint density at radius 2 is 1.97 bits per heavy atom. The first-order chi connectivity index (χ1) is 14.2. The zero-order valence-corrected chi connectivity index (χ0v) is 17.7. The topological polar surface area (TPSA) is 59.8 Å². The van der Waals surface area contributed by atoms with Crippen LogP contribution < -0.4 is 5.32 Å². The van der Waals surface area contributed by atoms with Crippen LogP contribution in [-0.2, 0) is 17.8 Å². The maximum absolute atomic E-state index is 12.6. The number of carbonyl (C=O) groups is 1. The lowest BCUT2D eigenvalue weighted by atomic mass is 9.88. The molecule has 1 unspecified atom stereocenters. The molecule has 6 heteroatoms. The van der Waals surface area contributed by atoms with Gasteiger partial charge >= 0.3 is 0 Å². The molecule has 1 aromatic heterocycles. The van der Waals surface area contributed by atoms with E-state index in [9.17, 15) is 4.79 Å². The molecular formula is C23H26N4OS. The highest BCUT2D eigenvalue weighted by atomic mass is 32.2. The van der Waals surface area contributed by atoms with Gasteiger partial charge in [-0.1, -0.05) is 60.3 Å². The number of carbonyl (C=O) groups excluding carboxylic acids is 1. The summed E-state index contributed by atoms with van der Waals surface area (Å²) < 4.78 is 2.08. The molecule has 1 amide bonds. The lowest BCUT2D eigenvalue weighted by Crippen LogP contribution is -2.32. The standard InChI is InChI=1S/C23H26N4OS/c1-3-27-22(18-12-6-4-9-16(18)2)25-26-23(27)29-15-21(28)24-20-14-8-11-17-10-5-7-13-19(17)20/h4-7,9-10,12-13,20H,3,8,11,14-15H2,1-2H3,(H,24,28). The third kappa shape index (κ3) is 4.22. The quantitative estimate of drug-likeness (QED) is 0.610. The molecule has 4 rings (SSSR count). The minimum atomic E-state index is 0.0415. The van der Waals surface area contributed by atoms with Gasteiger partial charge in [0.25, 0.3) is 0 Å². The number of rotatable bonds is 6. The molecule has 0 saturated heterocycles. The van der Waals surface area contributed by atoms with Crippen LogP contribution in [0.3, 0.4) is 0 Å². The van der Waals surface area contributed by atoms with Crippen molar-refractivity contribution in [2.75, 3.05) is 5.75 Å². The van der Waals surface area contributed by atoms with Crippen molar-refractivity contribution in [3.8, 4) is 11.4 Å². The Morgan fingerprint density at radius 1 is 1.17 bits per heavy atom. The van der Waals surface area contributed by atoms with Crippen LogP contribution in [0.25, 0.3) is 11.4 Å². The number of hydrogen-bond donors (Lipinski definition) is 1. The number of thioether (sulfide) groups is 1. The number of fused-ring (bicyclic) bond motifs is 1. The second-order valence-electron chi connectivity index (χ2n) is 7.37. The molecule has 2 aromatic carbocycles. The van der Waals surface area contributed by atoms with Crippen molar-refractivity contribution in [3.05, 3.63) is 65.2 Å². The number of hydrogen-bond acceptors (Lipinski definition) is 4. The van der Waals surface area contributed by atoms with Crippen molar-refractivity contribution < 1.29 is 4.79 Å². The Morgan fingerprint density at radius 3 is 2.79 bits per heavy atom.